The molecule has 0 unspecified atom stereocenters. The monoisotopic (exact) mass is 91.0 g/mol. The number of rotatable bonds is 2. The maximum absolute atomic E-state index is 9.31. The third-order valence-corrected chi connectivity index (χ3v) is 0.498. The van der Waals surface area contributed by atoms with Crippen LogP contribution in [0.25, 0.3) is 0 Å². The fourth-order valence-corrected chi connectivity index (χ4v) is 0.144. The lowest BCUT2D eigenvalue weighted by atomic mass is 11.6. The molecule has 0 aliphatic rings. The van der Waals surface area contributed by atoms with Crippen LogP contribution in [0.3, 0.4) is 0 Å². The zero-order chi connectivity index (χ0) is 4.12. The Labute approximate surface area is 35.1 Å². The molecule has 0 saturated heterocycles. The van der Waals surface area contributed by atoms with Crippen molar-refractivity contribution < 1.29 is 4.79 Å². The van der Waals surface area contributed by atoms with Crippen LogP contribution in [-0.2, 0) is 4.79 Å². The molecule has 0 aromatic rings. The Morgan fingerprint density at radius 3 is 2.60 bits per heavy atom. The fourth-order valence-electron chi connectivity index (χ4n) is 0.0481. The molecule has 0 amide bonds. The molecule has 0 aromatic heterocycles. The minimum atomic E-state index is 0.736. The van der Waals surface area contributed by atoms with Gasteiger partial charge in [0.1, 0.15) is 0 Å². The number of carbonyl (C=O) groups is 1. The van der Waals surface area contributed by atoms with Crippen LogP contribution in [0.5, 0.6) is 0 Å². The summed E-state index contributed by atoms with van der Waals surface area (Å²) in [6, 6.07) is 0. The second-order valence-corrected chi connectivity index (χ2v) is 1.25. The van der Waals surface area contributed by atoms with Crippen LogP contribution >= 0.6 is 11.9 Å². The SMILES string of the molecule is CNSC=O. The average Bonchev–Trinajstić information content (AvgIpc) is 1.41. The van der Waals surface area contributed by atoms with Crippen LogP contribution < -0.4 is 4.72 Å². The van der Waals surface area contributed by atoms with E-state index < -0.39 is 0 Å². The second kappa shape index (κ2) is 3.98. The zero-order valence-corrected chi connectivity index (χ0v) is 3.71. The smallest absolute Gasteiger partial charge is 0.191 e. The van der Waals surface area contributed by atoms with Gasteiger partial charge in [-0.1, -0.05) is 0 Å². The quantitative estimate of drug-likeness (QED) is 0.384. The number of hydrogen-bond donors (Lipinski definition) is 1. The average molecular weight is 91.1 g/mol. The van der Waals surface area contributed by atoms with Gasteiger partial charge in [-0.2, -0.15) is 0 Å². The van der Waals surface area contributed by atoms with Gasteiger partial charge in [0.25, 0.3) is 0 Å². The molecule has 0 spiro atoms. The van der Waals surface area contributed by atoms with Crippen molar-refractivity contribution in [2.24, 2.45) is 0 Å². The Bertz CT molecular complexity index is 30.8. The van der Waals surface area contributed by atoms with Gasteiger partial charge in [0.15, 0.2) is 5.62 Å². The van der Waals surface area contributed by atoms with E-state index in [0.717, 1.165) is 17.6 Å². The summed E-state index contributed by atoms with van der Waals surface area (Å²) >= 11 is 1.03. The molecule has 30 valence electrons. The topological polar surface area (TPSA) is 29.1 Å². The third-order valence-electron chi connectivity index (χ3n) is 0.166. The van der Waals surface area contributed by atoms with Crippen LogP contribution in [0.4, 0.5) is 0 Å². The van der Waals surface area contributed by atoms with Crippen molar-refractivity contribution in [3.63, 3.8) is 0 Å². The molecule has 0 aliphatic carbocycles. The van der Waals surface area contributed by atoms with Crippen LogP contribution in [0, 0.1) is 0 Å². The maximum Gasteiger partial charge on any atom is 0.191 e. The molecule has 0 fully saturated rings. The van der Waals surface area contributed by atoms with Crippen molar-refractivity contribution in [1.82, 2.24) is 4.72 Å². The minimum absolute atomic E-state index is 0.736. The Kier molecular flexibility index (Phi) is 3.96. The van der Waals surface area contributed by atoms with Gasteiger partial charge in [-0.25, -0.2) is 0 Å². The number of carbonyl (C=O) groups excluding carboxylic acids is 1. The first-order valence-corrected chi connectivity index (χ1v) is 2.06. The zero-order valence-electron chi connectivity index (χ0n) is 2.89. The first kappa shape index (κ1) is 4.98. The molecular formula is C2H5NOS. The van der Waals surface area contributed by atoms with Gasteiger partial charge in [0.05, 0.1) is 0 Å². The Balaban J connectivity index is 2.40. The van der Waals surface area contributed by atoms with Gasteiger partial charge in [0.2, 0.25) is 0 Å². The highest BCUT2D eigenvalue weighted by Gasteiger charge is 1.63. The number of nitrogens with one attached hydrogen (secondary N) is 1. The lowest BCUT2D eigenvalue weighted by molar-refractivity contribution is 0.570. The summed E-state index contributed by atoms with van der Waals surface area (Å²) in [7, 11) is 1.69. The van der Waals surface area contributed by atoms with E-state index in [2.05, 4.69) is 4.72 Å². The highest BCUT2D eigenvalue weighted by molar-refractivity contribution is 8.10. The van der Waals surface area contributed by atoms with Crippen molar-refractivity contribution in [2.75, 3.05) is 7.05 Å². The van der Waals surface area contributed by atoms with E-state index in [0.29, 0.717) is 0 Å². The van der Waals surface area contributed by atoms with Crippen LogP contribution in [0.15, 0.2) is 0 Å². The van der Waals surface area contributed by atoms with E-state index in [1.54, 1.807) is 7.05 Å². The molecular weight excluding hydrogens is 86.1 g/mol. The number of hydrogen-bond acceptors (Lipinski definition) is 3. The van der Waals surface area contributed by atoms with Crippen LogP contribution in [0.2, 0.25) is 0 Å². The Morgan fingerprint density at radius 1 is 2.00 bits per heavy atom. The van der Waals surface area contributed by atoms with Crippen LogP contribution in [-0.4, -0.2) is 12.7 Å². The fraction of sp³-hybridized carbons (Fsp3) is 0.500. The Hall–Kier alpha value is -0.0200. The summed E-state index contributed by atoms with van der Waals surface area (Å²) in [5, 5.41) is 0. The van der Waals surface area contributed by atoms with Gasteiger partial charge >= 0.3 is 0 Å². The van der Waals surface area contributed by atoms with E-state index in [4.69, 9.17) is 0 Å². The van der Waals surface area contributed by atoms with Gasteiger partial charge in [-0.3, -0.25) is 9.52 Å². The molecule has 2 nitrogen and oxygen atoms in total. The minimum Gasteiger partial charge on any atom is -0.290 e. The third kappa shape index (κ3) is 3.98. The van der Waals surface area contributed by atoms with Gasteiger partial charge in [-0.15, -0.1) is 0 Å². The summed E-state index contributed by atoms with van der Waals surface area (Å²) in [5.74, 6) is 0. The summed E-state index contributed by atoms with van der Waals surface area (Å²) < 4.78 is 2.57. The van der Waals surface area contributed by atoms with Gasteiger partial charge in [0, 0.05) is 0 Å². The van der Waals surface area contributed by atoms with E-state index in [9.17, 15) is 4.79 Å². The predicted octanol–water partition coefficient (Wildman–Crippen LogP) is 0.0442. The Morgan fingerprint density at radius 2 is 2.60 bits per heavy atom. The molecule has 0 heterocycles. The lowest BCUT2D eigenvalue weighted by Crippen LogP contribution is -1.87. The molecule has 0 radical (unpaired) electrons. The standard InChI is InChI=1S/C2H5NOS/c1-3-5-2-4/h2-3H,1H3. The first-order chi connectivity index (χ1) is 2.41. The summed E-state index contributed by atoms with van der Waals surface area (Å²) in [5.41, 5.74) is 0.736. The van der Waals surface area contributed by atoms with Crippen molar-refractivity contribution in [2.45, 2.75) is 0 Å². The highest BCUT2D eigenvalue weighted by Crippen LogP contribution is 1.74. The molecule has 5 heavy (non-hydrogen) atoms. The molecule has 3 heteroatoms. The molecule has 0 aliphatic heterocycles. The highest BCUT2D eigenvalue weighted by atomic mass is 32.2. The molecule has 0 bridgehead atoms. The van der Waals surface area contributed by atoms with E-state index in [1.165, 1.54) is 0 Å². The van der Waals surface area contributed by atoms with Gasteiger partial charge < -0.3 is 0 Å². The van der Waals surface area contributed by atoms with Crippen molar-refractivity contribution in [1.29, 1.82) is 0 Å². The maximum atomic E-state index is 9.31. The molecule has 0 atom stereocenters. The largest absolute Gasteiger partial charge is 0.290 e. The second-order valence-electron chi connectivity index (χ2n) is 0.418. The summed E-state index contributed by atoms with van der Waals surface area (Å²) in [6.07, 6.45) is 0. The molecule has 0 aromatic carbocycles. The van der Waals surface area contributed by atoms with E-state index in [-0.39, 0.29) is 0 Å². The lowest BCUT2D eigenvalue weighted by Gasteiger charge is -1.74. The summed E-state index contributed by atoms with van der Waals surface area (Å²) in [4.78, 5) is 9.31. The molecule has 1 N–H and O–H groups in total. The van der Waals surface area contributed by atoms with Crippen molar-refractivity contribution in [3.05, 3.63) is 0 Å². The molecule has 0 saturated carbocycles. The van der Waals surface area contributed by atoms with Crippen LogP contribution in [0.1, 0.15) is 0 Å². The molecule has 0 rings (SSSR count). The van der Waals surface area contributed by atoms with Crippen molar-refractivity contribution >= 4 is 17.6 Å². The predicted molar refractivity (Wildman–Crippen MR) is 23.4 cm³/mol. The van der Waals surface area contributed by atoms with E-state index in [1.807, 2.05) is 0 Å². The first-order valence-electron chi connectivity index (χ1n) is 1.18. The normalized spacial score (nSPS) is 7.40. The van der Waals surface area contributed by atoms with E-state index >= 15 is 0 Å². The summed E-state index contributed by atoms with van der Waals surface area (Å²) in [6.45, 7) is 0. The van der Waals surface area contributed by atoms with Gasteiger partial charge in [-0.05, 0) is 19.0 Å². The van der Waals surface area contributed by atoms with Crippen molar-refractivity contribution in [3.8, 4) is 0 Å².